The van der Waals surface area contributed by atoms with Crippen LogP contribution in [0.1, 0.15) is 58.3 Å². The summed E-state index contributed by atoms with van der Waals surface area (Å²) >= 11 is 2.08. The zero-order valence-electron chi connectivity index (χ0n) is 9.10. The Hall–Kier alpha value is 0.140. The fraction of sp³-hybridized carbons (Fsp3) is 0.750. The molecule has 0 N–H and O–H groups in total. The van der Waals surface area contributed by atoms with Gasteiger partial charge in [0.25, 0.3) is 0 Å². The summed E-state index contributed by atoms with van der Waals surface area (Å²) in [6.45, 7) is 2.24. The van der Waals surface area contributed by atoms with Crippen molar-refractivity contribution in [2.24, 2.45) is 0 Å². The van der Waals surface area contributed by atoms with E-state index in [4.69, 9.17) is 0 Å². The van der Waals surface area contributed by atoms with Gasteiger partial charge in [-0.2, -0.15) is 0 Å². The highest BCUT2D eigenvalue weighted by Crippen LogP contribution is 2.10. The van der Waals surface area contributed by atoms with Crippen LogP contribution in [0.2, 0.25) is 0 Å². The summed E-state index contributed by atoms with van der Waals surface area (Å²) in [7, 11) is 0. The minimum Gasteiger partial charge on any atom is -0.297 e. The Morgan fingerprint density at radius 1 is 1.07 bits per heavy atom. The second-order valence-electron chi connectivity index (χ2n) is 3.62. The molecule has 0 heterocycles. The summed E-state index contributed by atoms with van der Waals surface area (Å²) in [5, 5.41) is 0. The Bertz CT molecular complexity index is 164. The molecule has 1 nitrogen and oxygen atoms in total. The number of allylic oxidation sites excluding steroid dienone is 2. The molecule has 0 aromatic heterocycles. The molecule has 0 aromatic carbocycles. The van der Waals surface area contributed by atoms with Crippen LogP contribution in [0.3, 0.4) is 0 Å². The third-order valence-corrected chi connectivity index (χ3v) is 2.95. The van der Waals surface area contributed by atoms with Gasteiger partial charge in [-0.3, -0.25) is 4.79 Å². The Kier molecular flexibility index (Phi) is 11.3. The summed E-state index contributed by atoms with van der Waals surface area (Å²) in [4.78, 5) is 10.3. The molecule has 82 valence electrons. The number of unbranched alkanes of at least 4 members (excludes halogenated alkanes) is 7. The third-order valence-electron chi connectivity index (χ3n) is 2.26. The summed E-state index contributed by atoms with van der Waals surface area (Å²) in [5.74, 6) is 0. The highest BCUT2D eigenvalue weighted by atomic mass is 127. The Balaban J connectivity index is 3.10. The summed E-state index contributed by atoms with van der Waals surface area (Å²) < 4.78 is 0.841. The predicted octanol–water partition coefficient (Wildman–Crippen LogP) is 4.64. The average molecular weight is 308 g/mol. The molecule has 0 aliphatic carbocycles. The second-order valence-corrected chi connectivity index (χ2v) is 4.86. The first-order valence-electron chi connectivity index (χ1n) is 5.62. The lowest BCUT2D eigenvalue weighted by Crippen LogP contribution is -1.79. The molecule has 0 unspecified atom stereocenters. The van der Waals surface area contributed by atoms with Crippen LogP contribution in [0.4, 0.5) is 0 Å². The number of carbonyl (C=O) groups is 1. The highest BCUT2D eigenvalue weighted by Gasteiger charge is 1.90. The van der Waals surface area contributed by atoms with Gasteiger partial charge in [0.15, 0.2) is 6.29 Å². The van der Waals surface area contributed by atoms with E-state index >= 15 is 0 Å². The van der Waals surface area contributed by atoms with Crippen molar-refractivity contribution in [2.75, 3.05) is 0 Å². The maximum Gasteiger partial charge on any atom is 0.155 e. The molecule has 0 atom stereocenters. The van der Waals surface area contributed by atoms with Crippen LogP contribution < -0.4 is 0 Å². The Morgan fingerprint density at radius 3 is 2.21 bits per heavy atom. The van der Waals surface area contributed by atoms with Crippen LogP contribution in [0.15, 0.2) is 9.66 Å². The molecular weight excluding hydrogens is 287 g/mol. The van der Waals surface area contributed by atoms with Crippen molar-refractivity contribution in [2.45, 2.75) is 58.3 Å². The lowest BCUT2D eigenvalue weighted by molar-refractivity contribution is -0.104. The van der Waals surface area contributed by atoms with E-state index in [9.17, 15) is 4.79 Å². The SMILES string of the molecule is CCCCCCCCCC=C(I)C=O. The van der Waals surface area contributed by atoms with E-state index in [1.165, 1.54) is 44.9 Å². The summed E-state index contributed by atoms with van der Waals surface area (Å²) in [5.41, 5.74) is 0. The molecule has 0 spiro atoms. The fourth-order valence-electron chi connectivity index (χ4n) is 1.39. The van der Waals surface area contributed by atoms with Crippen LogP contribution in [0.5, 0.6) is 0 Å². The monoisotopic (exact) mass is 308 g/mol. The van der Waals surface area contributed by atoms with Crippen LogP contribution in [-0.4, -0.2) is 6.29 Å². The number of halogens is 1. The first-order chi connectivity index (χ1) is 6.81. The molecule has 0 saturated carbocycles. The standard InChI is InChI=1S/C12H21IO/c1-2-3-4-5-6-7-8-9-10-12(13)11-14/h10-11H,2-9H2,1H3. The van der Waals surface area contributed by atoms with Crippen molar-refractivity contribution in [1.82, 2.24) is 0 Å². The fourth-order valence-corrected chi connectivity index (χ4v) is 1.70. The van der Waals surface area contributed by atoms with E-state index in [1.807, 2.05) is 6.08 Å². The van der Waals surface area contributed by atoms with Gasteiger partial charge in [0.05, 0.1) is 0 Å². The molecule has 14 heavy (non-hydrogen) atoms. The number of hydrogen-bond acceptors (Lipinski definition) is 1. The maximum absolute atomic E-state index is 10.3. The first kappa shape index (κ1) is 14.1. The Morgan fingerprint density at radius 2 is 1.64 bits per heavy atom. The van der Waals surface area contributed by atoms with Crippen molar-refractivity contribution >= 4 is 28.9 Å². The number of carbonyl (C=O) groups excluding carboxylic acids is 1. The van der Waals surface area contributed by atoms with Crippen molar-refractivity contribution in [3.05, 3.63) is 9.66 Å². The molecule has 0 aliphatic rings. The maximum atomic E-state index is 10.3. The zero-order chi connectivity index (χ0) is 10.6. The molecular formula is C12H21IO. The minimum absolute atomic E-state index is 0.841. The van der Waals surface area contributed by atoms with Gasteiger partial charge >= 0.3 is 0 Å². The molecule has 0 radical (unpaired) electrons. The third kappa shape index (κ3) is 10.2. The van der Waals surface area contributed by atoms with Gasteiger partial charge in [0.1, 0.15) is 0 Å². The van der Waals surface area contributed by atoms with Gasteiger partial charge in [-0.05, 0) is 35.4 Å². The summed E-state index contributed by atoms with van der Waals surface area (Å²) in [6, 6.07) is 0. The van der Waals surface area contributed by atoms with Crippen molar-refractivity contribution in [1.29, 1.82) is 0 Å². The first-order valence-corrected chi connectivity index (χ1v) is 6.70. The van der Waals surface area contributed by atoms with Gasteiger partial charge in [-0.1, -0.05) is 51.5 Å². The lowest BCUT2D eigenvalue weighted by Gasteiger charge is -1.98. The van der Waals surface area contributed by atoms with E-state index < -0.39 is 0 Å². The Labute approximate surface area is 101 Å². The van der Waals surface area contributed by atoms with Gasteiger partial charge in [0, 0.05) is 3.58 Å². The van der Waals surface area contributed by atoms with Crippen LogP contribution in [-0.2, 0) is 4.79 Å². The molecule has 0 bridgehead atoms. The van der Waals surface area contributed by atoms with E-state index in [0.29, 0.717) is 0 Å². The van der Waals surface area contributed by atoms with Gasteiger partial charge < -0.3 is 0 Å². The predicted molar refractivity (Wildman–Crippen MR) is 70.8 cm³/mol. The second kappa shape index (κ2) is 11.2. The van der Waals surface area contributed by atoms with Crippen molar-refractivity contribution < 1.29 is 4.79 Å². The highest BCUT2D eigenvalue weighted by molar-refractivity contribution is 14.1. The van der Waals surface area contributed by atoms with Gasteiger partial charge in [-0.25, -0.2) is 0 Å². The van der Waals surface area contributed by atoms with Gasteiger partial charge in [-0.15, -0.1) is 0 Å². The van der Waals surface area contributed by atoms with E-state index in [-0.39, 0.29) is 0 Å². The van der Waals surface area contributed by atoms with Gasteiger partial charge in [0.2, 0.25) is 0 Å². The quantitative estimate of drug-likeness (QED) is 0.262. The molecule has 0 aromatic rings. The normalized spacial score (nSPS) is 11.7. The average Bonchev–Trinajstić information content (AvgIpc) is 2.21. The molecule has 0 rings (SSSR count). The number of aldehydes is 1. The molecule has 0 fully saturated rings. The summed E-state index contributed by atoms with van der Waals surface area (Å²) in [6.07, 6.45) is 13.4. The molecule has 0 saturated heterocycles. The van der Waals surface area contributed by atoms with Crippen LogP contribution in [0, 0.1) is 0 Å². The minimum atomic E-state index is 0.841. The van der Waals surface area contributed by atoms with E-state index in [1.54, 1.807) is 0 Å². The lowest BCUT2D eigenvalue weighted by atomic mass is 10.1. The molecule has 2 heteroatoms. The van der Waals surface area contributed by atoms with Crippen LogP contribution in [0.25, 0.3) is 0 Å². The van der Waals surface area contributed by atoms with E-state index in [2.05, 4.69) is 29.5 Å². The largest absolute Gasteiger partial charge is 0.297 e. The number of rotatable bonds is 9. The van der Waals surface area contributed by atoms with E-state index in [0.717, 1.165) is 16.3 Å². The zero-order valence-corrected chi connectivity index (χ0v) is 11.3. The molecule has 0 amide bonds. The van der Waals surface area contributed by atoms with Crippen molar-refractivity contribution in [3.8, 4) is 0 Å². The molecule has 0 aliphatic heterocycles. The number of hydrogen-bond donors (Lipinski definition) is 0. The topological polar surface area (TPSA) is 17.1 Å². The smallest absolute Gasteiger partial charge is 0.155 e. The van der Waals surface area contributed by atoms with Crippen molar-refractivity contribution in [3.63, 3.8) is 0 Å². The van der Waals surface area contributed by atoms with Crippen LogP contribution >= 0.6 is 22.6 Å².